The van der Waals surface area contributed by atoms with Gasteiger partial charge in [-0.15, -0.1) is 0 Å². The number of benzene rings is 1. The summed E-state index contributed by atoms with van der Waals surface area (Å²) in [4.78, 5) is 23.8. The minimum Gasteiger partial charge on any atom is -0.352 e. The number of hydrogen-bond acceptors (Lipinski definition) is 3. The van der Waals surface area contributed by atoms with E-state index in [1.54, 1.807) is 38.1 Å². The van der Waals surface area contributed by atoms with Crippen LogP contribution in [0.4, 0.5) is 5.69 Å². The van der Waals surface area contributed by atoms with Crippen LogP contribution in [-0.4, -0.2) is 23.5 Å². The van der Waals surface area contributed by atoms with Gasteiger partial charge in [-0.2, -0.15) is 0 Å². The summed E-state index contributed by atoms with van der Waals surface area (Å²) in [5.41, 5.74) is 1.07. The molecule has 2 amide bonds. The first-order chi connectivity index (χ1) is 10.5. The van der Waals surface area contributed by atoms with Gasteiger partial charge in [0.15, 0.2) is 5.11 Å². The quantitative estimate of drug-likeness (QED) is 0.556. The molecule has 1 rings (SSSR count). The Labute approximate surface area is 136 Å². The number of anilines is 1. The minimum atomic E-state index is -0.164. The molecule has 0 aliphatic carbocycles. The zero-order chi connectivity index (χ0) is 16.5. The van der Waals surface area contributed by atoms with Crippen LogP contribution < -0.4 is 16.0 Å². The predicted octanol–water partition coefficient (Wildman–Crippen LogP) is 2.69. The van der Waals surface area contributed by atoms with Gasteiger partial charge in [0.25, 0.3) is 5.91 Å². The predicted molar refractivity (Wildman–Crippen MR) is 92.9 cm³/mol. The Morgan fingerprint density at radius 2 is 1.91 bits per heavy atom. The molecule has 0 radical (unpaired) electrons. The molecule has 0 bridgehead atoms. The lowest BCUT2D eigenvalue weighted by molar-refractivity contribution is -0.122. The van der Waals surface area contributed by atoms with E-state index in [4.69, 9.17) is 12.2 Å². The van der Waals surface area contributed by atoms with Crippen LogP contribution in [0.2, 0.25) is 0 Å². The molecular weight excluding hydrogens is 298 g/mol. The number of amides is 2. The van der Waals surface area contributed by atoms with Crippen LogP contribution >= 0.6 is 12.2 Å². The summed E-state index contributed by atoms with van der Waals surface area (Å²) in [5.74, 6) is -0.482. The van der Waals surface area contributed by atoms with Crippen LogP contribution in [0.5, 0.6) is 0 Å². The molecule has 0 saturated carbocycles. The lowest BCUT2D eigenvalue weighted by Crippen LogP contribution is -2.37. The Kier molecular flexibility index (Phi) is 7.52. The highest BCUT2D eigenvalue weighted by molar-refractivity contribution is 7.80. The highest BCUT2D eigenvalue weighted by Crippen LogP contribution is 2.15. The summed E-state index contributed by atoms with van der Waals surface area (Å²) in [6, 6.07) is 7.06. The Balaban J connectivity index is 2.73. The molecule has 120 valence electrons. The van der Waals surface area contributed by atoms with Gasteiger partial charge in [0.1, 0.15) is 0 Å². The normalized spacial score (nSPS) is 10.2. The molecule has 6 heteroatoms. The first-order valence-corrected chi connectivity index (χ1v) is 7.85. The van der Waals surface area contributed by atoms with E-state index in [1.165, 1.54) is 0 Å². The Morgan fingerprint density at radius 3 is 2.55 bits per heavy atom. The van der Waals surface area contributed by atoms with E-state index in [1.807, 2.05) is 0 Å². The van der Waals surface area contributed by atoms with Crippen molar-refractivity contribution in [1.82, 2.24) is 10.6 Å². The Bertz CT molecular complexity index is 544. The van der Waals surface area contributed by atoms with Gasteiger partial charge in [-0.25, -0.2) is 0 Å². The number of unbranched alkanes of at least 4 members (excludes halogenated alkanes) is 1. The molecule has 0 saturated heterocycles. The van der Waals surface area contributed by atoms with Crippen molar-refractivity contribution in [3.05, 3.63) is 29.8 Å². The number of rotatable bonds is 6. The van der Waals surface area contributed by atoms with E-state index in [0.717, 1.165) is 12.8 Å². The van der Waals surface area contributed by atoms with Crippen LogP contribution in [0.3, 0.4) is 0 Å². The molecule has 0 aliphatic heterocycles. The molecule has 0 atom stereocenters. The molecular formula is C16H23N3O2S. The van der Waals surface area contributed by atoms with Gasteiger partial charge in [-0.1, -0.05) is 39.3 Å². The SMILES string of the molecule is CCCCNC(=O)c1ccccc1NC(=S)NC(=O)C(C)C. The average molecular weight is 321 g/mol. The lowest BCUT2D eigenvalue weighted by Gasteiger charge is -2.14. The van der Waals surface area contributed by atoms with Gasteiger partial charge >= 0.3 is 0 Å². The molecule has 22 heavy (non-hydrogen) atoms. The number of thiocarbonyl (C=S) groups is 1. The van der Waals surface area contributed by atoms with Gasteiger partial charge in [-0.05, 0) is 30.8 Å². The molecule has 1 aromatic rings. The number of para-hydroxylation sites is 1. The fourth-order valence-corrected chi connectivity index (χ4v) is 1.88. The van der Waals surface area contributed by atoms with Crippen LogP contribution in [-0.2, 0) is 4.79 Å². The molecule has 1 aromatic carbocycles. The number of hydrogen-bond donors (Lipinski definition) is 3. The van der Waals surface area contributed by atoms with Crippen molar-refractivity contribution < 1.29 is 9.59 Å². The van der Waals surface area contributed by atoms with Gasteiger partial charge in [0, 0.05) is 12.5 Å². The van der Waals surface area contributed by atoms with Gasteiger partial charge in [-0.3, -0.25) is 9.59 Å². The number of nitrogens with one attached hydrogen (secondary N) is 3. The van der Waals surface area contributed by atoms with E-state index < -0.39 is 0 Å². The van der Waals surface area contributed by atoms with E-state index in [2.05, 4.69) is 22.9 Å². The van der Waals surface area contributed by atoms with Crippen LogP contribution in [0.1, 0.15) is 44.0 Å². The van der Waals surface area contributed by atoms with E-state index in [0.29, 0.717) is 17.8 Å². The Morgan fingerprint density at radius 1 is 1.23 bits per heavy atom. The molecule has 0 aliphatic rings. The first kappa shape index (κ1) is 18.1. The third kappa shape index (κ3) is 5.81. The highest BCUT2D eigenvalue weighted by atomic mass is 32.1. The maximum Gasteiger partial charge on any atom is 0.253 e. The summed E-state index contributed by atoms with van der Waals surface area (Å²) in [7, 11) is 0. The second-order valence-electron chi connectivity index (χ2n) is 5.25. The average Bonchev–Trinajstić information content (AvgIpc) is 2.47. The monoisotopic (exact) mass is 321 g/mol. The smallest absolute Gasteiger partial charge is 0.253 e. The second kappa shape index (κ2) is 9.15. The summed E-state index contributed by atoms with van der Waals surface area (Å²) in [5, 5.41) is 8.55. The maximum atomic E-state index is 12.2. The zero-order valence-electron chi connectivity index (χ0n) is 13.2. The molecule has 0 fully saturated rings. The first-order valence-electron chi connectivity index (χ1n) is 7.44. The van der Waals surface area contributed by atoms with Crippen molar-refractivity contribution in [3.8, 4) is 0 Å². The number of carbonyl (C=O) groups excluding carboxylic acids is 2. The van der Waals surface area contributed by atoms with Crippen molar-refractivity contribution in [2.75, 3.05) is 11.9 Å². The summed E-state index contributed by atoms with van der Waals surface area (Å²) >= 11 is 5.11. The molecule has 0 heterocycles. The van der Waals surface area contributed by atoms with Crippen molar-refractivity contribution in [1.29, 1.82) is 0 Å². The Hall–Kier alpha value is -1.95. The molecule has 3 N–H and O–H groups in total. The molecule has 5 nitrogen and oxygen atoms in total. The second-order valence-corrected chi connectivity index (χ2v) is 5.66. The fourth-order valence-electron chi connectivity index (χ4n) is 1.67. The van der Waals surface area contributed by atoms with Crippen molar-refractivity contribution in [2.24, 2.45) is 5.92 Å². The van der Waals surface area contributed by atoms with Gasteiger partial charge in [0.2, 0.25) is 5.91 Å². The van der Waals surface area contributed by atoms with Crippen molar-refractivity contribution >= 4 is 34.8 Å². The minimum absolute atomic E-state index is 0.158. The highest BCUT2D eigenvalue weighted by Gasteiger charge is 2.13. The fraction of sp³-hybridized carbons (Fsp3) is 0.438. The van der Waals surface area contributed by atoms with Crippen LogP contribution in [0, 0.1) is 5.92 Å². The standard InChI is InChI=1S/C16H23N3O2S/c1-4-5-10-17-15(21)12-8-6-7-9-13(12)18-16(22)19-14(20)11(2)3/h6-9,11H,4-5,10H2,1-3H3,(H,17,21)(H2,18,19,20,22). The van der Waals surface area contributed by atoms with Crippen molar-refractivity contribution in [3.63, 3.8) is 0 Å². The summed E-state index contributed by atoms with van der Waals surface area (Å²) in [6.07, 6.45) is 1.95. The third-order valence-electron chi connectivity index (χ3n) is 3.00. The number of carbonyl (C=O) groups is 2. The molecule has 0 spiro atoms. The van der Waals surface area contributed by atoms with Crippen molar-refractivity contribution in [2.45, 2.75) is 33.6 Å². The summed E-state index contributed by atoms with van der Waals surface area (Å²) < 4.78 is 0. The molecule has 0 unspecified atom stereocenters. The van der Waals surface area contributed by atoms with E-state index in [9.17, 15) is 9.59 Å². The van der Waals surface area contributed by atoms with Crippen LogP contribution in [0.15, 0.2) is 24.3 Å². The van der Waals surface area contributed by atoms with E-state index >= 15 is 0 Å². The zero-order valence-corrected chi connectivity index (χ0v) is 14.0. The summed E-state index contributed by atoms with van der Waals surface area (Å²) in [6.45, 7) is 6.27. The van der Waals surface area contributed by atoms with Gasteiger partial charge < -0.3 is 16.0 Å². The largest absolute Gasteiger partial charge is 0.352 e. The van der Waals surface area contributed by atoms with E-state index in [-0.39, 0.29) is 22.8 Å². The van der Waals surface area contributed by atoms with Crippen LogP contribution in [0.25, 0.3) is 0 Å². The third-order valence-corrected chi connectivity index (χ3v) is 3.20. The lowest BCUT2D eigenvalue weighted by atomic mass is 10.1. The molecule has 0 aromatic heterocycles. The van der Waals surface area contributed by atoms with Gasteiger partial charge in [0.05, 0.1) is 11.3 Å². The maximum absolute atomic E-state index is 12.2. The topological polar surface area (TPSA) is 70.2 Å².